The van der Waals surface area contributed by atoms with Gasteiger partial charge in [-0.3, -0.25) is 0 Å². The van der Waals surface area contributed by atoms with Crippen molar-refractivity contribution in [2.45, 2.75) is 47.5 Å². The van der Waals surface area contributed by atoms with Crippen LogP contribution in [0.3, 0.4) is 0 Å². The lowest BCUT2D eigenvalue weighted by atomic mass is 9.98. The molecule has 8 nitrogen and oxygen atoms in total. The van der Waals surface area contributed by atoms with Crippen LogP contribution < -0.4 is 9.64 Å². The van der Waals surface area contributed by atoms with Crippen LogP contribution in [-0.4, -0.2) is 72.3 Å². The predicted octanol–water partition coefficient (Wildman–Crippen LogP) is 7.11. The number of hydrogen-bond donors (Lipinski definition) is 1. The number of nitrogens with zero attached hydrogens (tertiary/aromatic N) is 4. The third kappa shape index (κ3) is 6.47. The molecule has 2 aromatic heterocycles. The molecule has 0 radical (unpaired) electrons. The number of ether oxygens (including phenoxy) is 2. The fraction of sp³-hybridized carbons (Fsp3) is 0.424. The molecule has 0 bridgehead atoms. The number of piperazine rings is 1. The first kappa shape index (κ1) is 31.1. The zero-order valence-corrected chi connectivity index (χ0v) is 27.2. The number of aromatic amines is 1. The lowest BCUT2D eigenvalue weighted by molar-refractivity contribution is 0.0519. The number of benzene rings is 2. The molecule has 0 saturated carbocycles. The van der Waals surface area contributed by atoms with Gasteiger partial charge in [-0.05, 0) is 89.4 Å². The van der Waals surface area contributed by atoms with Crippen molar-refractivity contribution in [1.29, 1.82) is 0 Å². The Morgan fingerprint density at radius 2 is 1.63 bits per heavy atom. The van der Waals surface area contributed by atoms with Gasteiger partial charge >= 0.3 is 5.97 Å². The third-order valence-corrected chi connectivity index (χ3v) is 8.97. The lowest BCUT2D eigenvalue weighted by Crippen LogP contribution is -2.45. The highest BCUT2D eigenvalue weighted by Gasteiger charge is 2.25. The molecule has 1 aliphatic heterocycles. The molecule has 1 fully saturated rings. The first-order chi connectivity index (χ1) is 20.6. The molecular weight excluding hydrogens is 585 g/mol. The van der Waals surface area contributed by atoms with Crippen molar-refractivity contribution >= 4 is 46.0 Å². The van der Waals surface area contributed by atoms with E-state index < -0.39 is 5.97 Å². The molecule has 0 amide bonds. The lowest BCUT2D eigenvalue weighted by Gasteiger charge is -2.32. The number of anilines is 1. The number of likely N-dealkylation sites (N-methyl/N-ethyl adjacent to an activating group) is 1. The number of hydrogen-bond acceptors (Lipinski definition) is 7. The average Bonchev–Trinajstić information content (AvgIpc) is 3.33. The van der Waals surface area contributed by atoms with E-state index in [4.69, 9.17) is 42.6 Å². The summed E-state index contributed by atoms with van der Waals surface area (Å²) in [6.45, 7) is 14.2. The minimum absolute atomic E-state index is 0.277. The smallest absolute Gasteiger partial charge is 0.355 e. The molecule has 1 saturated heterocycles. The Hall–Kier alpha value is -3.33. The number of aromatic nitrogens is 3. The summed E-state index contributed by atoms with van der Waals surface area (Å²) in [4.78, 5) is 30.9. The van der Waals surface area contributed by atoms with E-state index >= 15 is 0 Å². The predicted molar refractivity (Wildman–Crippen MR) is 174 cm³/mol. The first-order valence-electron chi connectivity index (χ1n) is 14.8. The molecule has 0 unspecified atom stereocenters. The SMILES string of the molecule is CCOC(=O)c1[nH]c2c(-c3c(C)nc(N4CCN(C)CC4)nc3C)c(Cl)ccc2c1CCCOc1cc(C)c(Cl)c(C)c1. The molecule has 0 spiro atoms. The van der Waals surface area contributed by atoms with Gasteiger partial charge in [0.25, 0.3) is 0 Å². The van der Waals surface area contributed by atoms with Gasteiger partial charge in [0, 0.05) is 47.7 Å². The van der Waals surface area contributed by atoms with Gasteiger partial charge in [0.15, 0.2) is 0 Å². The van der Waals surface area contributed by atoms with Crippen LogP contribution in [0.4, 0.5) is 5.95 Å². The fourth-order valence-corrected chi connectivity index (χ4v) is 6.17. The Balaban J connectivity index is 1.48. The summed E-state index contributed by atoms with van der Waals surface area (Å²) in [7, 11) is 2.13. The minimum atomic E-state index is -0.393. The maximum Gasteiger partial charge on any atom is 0.355 e. The van der Waals surface area contributed by atoms with Gasteiger partial charge < -0.3 is 24.3 Å². The van der Waals surface area contributed by atoms with Crippen LogP contribution in [0.15, 0.2) is 24.3 Å². The van der Waals surface area contributed by atoms with Gasteiger partial charge in [-0.2, -0.15) is 0 Å². The second-order valence-corrected chi connectivity index (χ2v) is 12.0. The molecule has 0 atom stereocenters. The first-order valence-corrected chi connectivity index (χ1v) is 15.5. The molecule has 5 rings (SSSR count). The van der Waals surface area contributed by atoms with Gasteiger partial charge in [-0.25, -0.2) is 14.8 Å². The van der Waals surface area contributed by atoms with Crippen LogP contribution in [0.2, 0.25) is 10.0 Å². The average molecular weight is 625 g/mol. The number of halogens is 2. The van der Waals surface area contributed by atoms with Crippen molar-refractivity contribution in [3.63, 3.8) is 0 Å². The number of carbonyl (C=O) groups excluding carboxylic acids is 1. The number of aryl methyl sites for hydroxylation is 5. The van der Waals surface area contributed by atoms with Gasteiger partial charge in [-0.1, -0.05) is 29.3 Å². The fourth-order valence-electron chi connectivity index (χ4n) is 5.81. The Bertz CT molecular complexity index is 1610. The molecular formula is C33H39Cl2N5O3. The van der Waals surface area contributed by atoms with Crippen molar-refractivity contribution in [3.05, 3.63) is 68.1 Å². The largest absolute Gasteiger partial charge is 0.494 e. The van der Waals surface area contributed by atoms with E-state index in [1.807, 2.05) is 52.0 Å². The van der Waals surface area contributed by atoms with Gasteiger partial charge in [0.1, 0.15) is 11.4 Å². The summed E-state index contributed by atoms with van der Waals surface area (Å²) in [6.07, 6.45) is 1.30. The van der Waals surface area contributed by atoms with E-state index in [0.717, 1.165) is 93.0 Å². The summed E-state index contributed by atoms with van der Waals surface area (Å²) in [5.74, 6) is 1.13. The molecule has 43 heavy (non-hydrogen) atoms. The molecule has 4 aromatic rings. The zero-order valence-electron chi connectivity index (χ0n) is 25.7. The molecule has 0 aliphatic carbocycles. The molecule has 10 heteroatoms. The van der Waals surface area contributed by atoms with E-state index in [9.17, 15) is 4.79 Å². The summed E-state index contributed by atoms with van der Waals surface area (Å²) in [6, 6.07) is 7.74. The monoisotopic (exact) mass is 623 g/mol. The second kappa shape index (κ2) is 13.1. The quantitative estimate of drug-likeness (QED) is 0.157. The third-order valence-electron chi connectivity index (χ3n) is 8.06. The molecule has 1 aliphatic rings. The van der Waals surface area contributed by atoms with Crippen LogP contribution in [-0.2, 0) is 11.2 Å². The normalized spacial score (nSPS) is 14.0. The van der Waals surface area contributed by atoms with Crippen LogP contribution >= 0.6 is 23.2 Å². The van der Waals surface area contributed by atoms with Crippen molar-refractivity contribution in [2.75, 3.05) is 51.3 Å². The number of fused-ring (bicyclic) bond motifs is 1. The Morgan fingerprint density at radius 3 is 2.26 bits per heavy atom. The van der Waals surface area contributed by atoms with Crippen molar-refractivity contribution in [1.82, 2.24) is 19.9 Å². The highest BCUT2D eigenvalue weighted by Crippen LogP contribution is 2.40. The van der Waals surface area contributed by atoms with Crippen molar-refractivity contribution in [2.24, 2.45) is 0 Å². The van der Waals surface area contributed by atoms with Gasteiger partial charge in [-0.15, -0.1) is 0 Å². The van der Waals surface area contributed by atoms with Gasteiger partial charge in [0.05, 0.1) is 35.1 Å². The van der Waals surface area contributed by atoms with Crippen molar-refractivity contribution in [3.8, 4) is 16.9 Å². The number of carbonyl (C=O) groups is 1. The number of H-pyrrole nitrogens is 1. The summed E-state index contributed by atoms with van der Waals surface area (Å²) in [5, 5.41) is 2.24. The maximum atomic E-state index is 13.1. The highest BCUT2D eigenvalue weighted by molar-refractivity contribution is 6.35. The minimum Gasteiger partial charge on any atom is -0.494 e. The number of nitrogens with one attached hydrogen (secondary N) is 1. The van der Waals surface area contributed by atoms with E-state index in [2.05, 4.69) is 21.8 Å². The number of rotatable bonds is 9. The molecule has 228 valence electrons. The molecule has 3 heterocycles. The van der Waals surface area contributed by atoms with Crippen LogP contribution in [0.5, 0.6) is 5.75 Å². The van der Waals surface area contributed by atoms with Gasteiger partial charge in [0.2, 0.25) is 5.95 Å². The molecule has 1 N–H and O–H groups in total. The van der Waals surface area contributed by atoms with E-state index in [0.29, 0.717) is 30.2 Å². The number of esters is 1. The maximum absolute atomic E-state index is 13.1. The summed E-state index contributed by atoms with van der Waals surface area (Å²) >= 11 is 13.2. The van der Waals surface area contributed by atoms with E-state index in [1.165, 1.54) is 0 Å². The summed E-state index contributed by atoms with van der Waals surface area (Å²) < 4.78 is 11.5. The van der Waals surface area contributed by atoms with Crippen LogP contribution in [0, 0.1) is 27.7 Å². The summed E-state index contributed by atoms with van der Waals surface area (Å²) in [5.41, 5.74) is 7.39. The topological polar surface area (TPSA) is 83.6 Å². The van der Waals surface area contributed by atoms with E-state index in [-0.39, 0.29) is 6.61 Å². The standard InChI is InChI=1S/C33H39Cl2N5O3/c1-7-42-32(41)31-24(9-8-16-43-23-17-19(2)29(35)20(3)18-23)25-10-11-26(34)28(30(25)38-31)27-21(4)36-33(37-22(27)5)40-14-12-39(6)13-15-40/h10-11,17-18,38H,7-9,12-16H2,1-6H3. The molecule has 2 aromatic carbocycles. The highest BCUT2D eigenvalue weighted by atomic mass is 35.5. The van der Waals surface area contributed by atoms with Crippen molar-refractivity contribution < 1.29 is 14.3 Å². The Kier molecular flexibility index (Phi) is 9.49. The zero-order chi connectivity index (χ0) is 30.8. The Morgan fingerprint density at radius 1 is 0.977 bits per heavy atom. The van der Waals surface area contributed by atoms with E-state index in [1.54, 1.807) is 6.92 Å². The van der Waals surface area contributed by atoms with Crippen LogP contribution in [0.25, 0.3) is 22.0 Å². The second-order valence-electron chi connectivity index (χ2n) is 11.2. The van der Waals surface area contributed by atoms with Crippen LogP contribution in [0.1, 0.15) is 51.9 Å². The Labute approximate surface area is 263 Å².